The van der Waals surface area contributed by atoms with Gasteiger partial charge in [0.25, 0.3) is 0 Å². The van der Waals surface area contributed by atoms with Crippen LogP contribution in [0.3, 0.4) is 0 Å². The monoisotopic (exact) mass is 302 g/mol. The predicted molar refractivity (Wildman–Crippen MR) is 74.3 cm³/mol. The number of anilines is 1. The van der Waals surface area contributed by atoms with Crippen LogP contribution in [-0.2, 0) is 6.42 Å². The highest BCUT2D eigenvalue weighted by Crippen LogP contribution is 2.17. The van der Waals surface area contributed by atoms with E-state index < -0.39 is 0 Å². The molecule has 0 saturated carbocycles. The van der Waals surface area contributed by atoms with E-state index in [1.165, 1.54) is 5.56 Å². The molecule has 4 nitrogen and oxygen atoms in total. The Morgan fingerprint density at radius 3 is 2.89 bits per heavy atom. The Hall–Kier alpha value is -1.88. The van der Waals surface area contributed by atoms with Gasteiger partial charge >= 0.3 is 0 Å². The molecule has 3 rings (SSSR count). The third-order valence-electron chi connectivity index (χ3n) is 2.79. The summed E-state index contributed by atoms with van der Waals surface area (Å²) in [6.07, 6.45) is 2.66. The highest BCUT2D eigenvalue weighted by molar-refractivity contribution is 9.10. The number of pyridine rings is 1. The summed E-state index contributed by atoms with van der Waals surface area (Å²) < 4.78 is 2.99. The average Bonchev–Trinajstić information content (AvgIpc) is 2.74. The topological polar surface area (TPSA) is 56.2 Å². The second-order valence-corrected chi connectivity index (χ2v) is 5.00. The summed E-state index contributed by atoms with van der Waals surface area (Å²) in [4.78, 5) is 0. The first-order valence-corrected chi connectivity index (χ1v) is 6.36. The number of nitrogens with two attached hydrogens (primary N) is 1. The molecule has 2 N–H and O–H groups in total. The fourth-order valence-corrected chi connectivity index (χ4v) is 2.38. The molecule has 0 atom stereocenters. The summed E-state index contributed by atoms with van der Waals surface area (Å²) >= 11 is 3.46. The van der Waals surface area contributed by atoms with Crippen molar-refractivity contribution < 1.29 is 0 Å². The molecule has 1 aromatic carbocycles. The maximum absolute atomic E-state index is 5.86. The molecule has 2 aromatic heterocycles. The predicted octanol–water partition coefficient (Wildman–Crippen LogP) is 2.66. The minimum Gasteiger partial charge on any atom is -0.396 e. The van der Waals surface area contributed by atoms with E-state index in [0.717, 1.165) is 16.7 Å². The van der Waals surface area contributed by atoms with Gasteiger partial charge in [-0.15, -0.1) is 10.2 Å². The van der Waals surface area contributed by atoms with Gasteiger partial charge in [-0.1, -0.05) is 28.1 Å². The summed E-state index contributed by atoms with van der Waals surface area (Å²) in [6.45, 7) is 0. The van der Waals surface area contributed by atoms with E-state index in [4.69, 9.17) is 5.73 Å². The number of nitrogens with zero attached hydrogens (tertiary/aromatic N) is 3. The van der Waals surface area contributed by atoms with Crippen molar-refractivity contribution in [3.63, 3.8) is 0 Å². The van der Waals surface area contributed by atoms with E-state index in [2.05, 4.69) is 38.3 Å². The number of nitrogen functional groups attached to an aromatic ring is 1. The van der Waals surface area contributed by atoms with E-state index in [9.17, 15) is 0 Å². The Balaban J connectivity index is 2.03. The number of aromatic nitrogens is 3. The van der Waals surface area contributed by atoms with Crippen LogP contribution in [-0.4, -0.2) is 14.6 Å². The molecular formula is C13H11BrN4. The normalized spacial score (nSPS) is 10.9. The SMILES string of the molecule is Nc1cccn2c(Cc3cccc(Br)c3)nnc12. The maximum atomic E-state index is 5.86. The lowest BCUT2D eigenvalue weighted by Gasteiger charge is -2.02. The zero-order valence-electron chi connectivity index (χ0n) is 9.55. The summed E-state index contributed by atoms with van der Waals surface area (Å²) in [7, 11) is 0. The van der Waals surface area contributed by atoms with Crippen molar-refractivity contribution in [2.24, 2.45) is 0 Å². The third-order valence-corrected chi connectivity index (χ3v) is 3.28. The van der Waals surface area contributed by atoms with Crippen molar-refractivity contribution in [1.29, 1.82) is 0 Å². The highest BCUT2D eigenvalue weighted by atomic mass is 79.9. The molecule has 0 aliphatic heterocycles. The molecule has 2 heterocycles. The molecule has 0 unspecified atom stereocenters. The van der Waals surface area contributed by atoms with Gasteiger partial charge in [0.15, 0.2) is 5.65 Å². The number of fused-ring (bicyclic) bond motifs is 1. The van der Waals surface area contributed by atoms with Crippen LogP contribution in [0.25, 0.3) is 5.65 Å². The minimum atomic E-state index is 0.644. The standard InChI is InChI=1S/C13H11BrN4/c14-10-4-1-3-9(7-10)8-12-16-17-13-11(15)5-2-6-18(12)13/h1-7H,8,15H2. The van der Waals surface area contributed by atoms with Crippen LogP contribution in [0.5, 0.6) is 0 Å². The fourth-order valence-electron chi connectivity index (χ4n) is 1.93. The molecule has 0 saturated heterocycles. The van der Waals surface area contributed by atoms with Crippen LogP contribution in [0, 0.1) is 0 Å². The zero-order valence-corrected chi connectivity index (χ0v) is 11.1. The van der Waals surface area contributed by atoms with Gasteiger partial charge in [-0.2, -0.15) is 0 Å². The van der Waals surface area contributed by atoms with Crippen LogP contribution in [0.15, 0.2) is 47.1 Å². The van der Waals surface area contributed by atoms with E-state index in [1.807, 2.05) is 34.9 Å². The van der Waals surface area contributed by atoms with Gasteiger partial charge in [-0.05, 0) is 29.8 Å². The lowest BCUT2D eigenvalue weighted by Crippen LogP contribution is -1.97. The van der Waals surface area contributed by atoms with E-state index in [1.54, 1.807) is 0 Å². The molecule has 5 heteroatoms. The number of hydrogen-bond acceptors (Lipinski definition) is 3. The Morgan fingerprint density at radius 2 is 2.06 bits per heavy atom. The number of rotatable bonds is 2. The minimum absolute atomic E-state index is 0.644. The fraction of sp³-hybridized carbons (Fsp3) is 0.0769. The first kappa shape index (κ1) is 11.2. The summed E-state index contributed by atoms with van der Waals surface area (Å²) in [6, 6.07) is 11.9. The van der Waals surface area contributed by atoms with Gasteiger partial charge in [0.2, 0.25) is 0 Å². The Morgan fingerprint density at radius 1 is 1.17 bits per heavy atom. The molecule has 0 fully saturated rings. The Labute approximate surface area is 113 Å². The van der Waals surface area contributed by atoms with Crippen LogP contribution in [0.4, 0.5) is 5.69 Å². The van der Waals surface area contributed by atoms with Crippen molar-refractivity contribution in [3.05, 3.63) is 58.5 Å². The molecule has 3 aromatic rings. The van der Waals surface area contributed by atoms with Crippen LogP contribution in [0.1, 0.15) is 11.4 Å². The molecule has 0 aliphatic carbocycles. The Kier molecular flexibility index (Phi) is 2.76. The molecule has 0 amide bonds. The van der Waals surface area contributed by atoms with Crippen molar-refractivity contribution in [1.82, 2.24) is 14.6 Å². The largest absolute Gasteiger partial charge is 0.396 e. The van der Waals surface area contributed by atoms with E-state index >= 15 is 0 Å². The highest BCUT2D eigenvalue weighted by Gasteiger charge is 2.08. The van der Waals surface area contributed by atoms with E-state index in [0.29, 0.717) is 11.3 Å². The molecule has 0 spiro atoms. The van der Waals surface area contributed by atoms with Gasteiger partial charge in [0.05, 0.1) is 5.69 Å². The second-order valence-electron chi connectivity index (χ2n) is 4.08. The molecule has 0 radical (unpaired) electrons. The average molecular weight is 303 g/mol. The lowest BCUT2D eigenvalue weighted by atomic mass is 10.1. The van der Waals surface area contributed by atoms with Gasteiger partial charge in [0, 0.05) is 17.1 Å². The summed E-state index contributed by atoms with van der Waals surface area (Å²) in [5, 5.41) is 8.31. The lowest BCUT2D eigenvalue weighted by molar-refractivity contribution is 0.934. The molecule has 0 aliphatic rings. The second kappa shape index (κ2) is 4.42. The van der Waals surface area contributed by atoms with Crippen molar-refractivity contribution in [2.75, 3.05) is 5.73 Å². The molecular weight excluding hydrogens is 292 g/mol. The smallest absolute Gasteiger partial charge is 0.183 e. The molecule has 18 heavy (non-hydrogen) atoms. The van der Waals surface area contributed by atoms with Crippen LogP contribution in [0.2, 0.25) is 0 Å². The first-order chi connectivity index (χ1) is 8.74. The van der Waals surface area contributed by atoms with Gasteiger partial charge in [-0.3, -0.25) is 4.40 Å². The maximum Gasteiger partial charge on any atom is 0.183 e. The van der Waals surface area contributed by atoms with Crippen molar-refractivity contribution in [3.8, 4) is 0 Å². The van der Waals surface area contributed by atoms with E-state index in [-0.39, 0.29) is 0 Å². The Bertz CT molecular complexity index is 705. The van der Waals surface area contributed by atoms with Crippen molar-refractivity contribution in [2.45, 2.75) is 6.42 Å². The van der Waals surface area contributed by atoms with Crippen LogP contribution >= 0.6 is 15.9 Å². The summed E-state index contributed by atoms with van der Waals surface area (Å²) in [5.41, 5.74) is 8.39. The number of halogens is 1. The van der Waals surface area contributed by atoms with Crippen molar-refractivity contribution >= 4 is 27.3 Å². The third kappa shape index (κ3) is 1.97. The number of hydrogen-bond donors (Lipinski definition) is 1. The zero-order chi connectivity index (χ0) is 12.5. The quantitative estimate of drug-likeness (QED) is 0.792. The number of benzene rings is 1. The van der Waals surface area contributed by atoms with Gasteiger partial charge in [-0.25, -0.2) is 0 Å². The first-order valence-electron chi connectivity index (χ1n) is 5.56. The van der Waals surface area contributed by atoms with Gasteiger partial charge < -0.3 is 5.73 Å². The summed E-state index contributed by atoms with van der Waals surface area (Å²) in [5.74, 6) is 0.885. The van der Waals surface area contributed by atoms with Crippen LogP contribution < -0.4 is 5.73 Å². The van der Waals surface area contributed by atoms with Gasteiger partial charge in [0.1, 0.15) is 5.82 Å². The molecule has 90 valence electrons. The molecule has 0 bridgehead atoms.